The van der Waals surface area contributed by atoms with E-state index in [1.807, 2.05) is 32.0 Å². The fraction of sp³-hybridized carbons (Fsp3) is 0.500. The summed E-state index contributed by atoms with van der Waals surface area (Å²) in [7, 11) is 0. The summed E-state index contributed by atoms with van der Waals surface area (Å²) in [4.78, 5) is 11.9. The van der Waals surface area contributed by atoms with Gasteiger partial charge in [0.15, 0.2) is 0 Å². The van der Waals surface area contributed by atoms with Crippen molar-refractivity contribution >= 4 is 11.6 Å². The molecule has 1 heterocycles. The van der Waals surface area contributed by atoms with Crippen LogP contribution in [0.1, 0.15) is 38.8 Å². The highest BCUT2D eigenvalue weighted by Gasteiger charge is 2.30. The molecule has 0 aliphatic carbocycles. The van der Waals surface area contributed by atoms with Crippen LogP contribution < -0.4 is 15.4 Å². The Kier molecular flexibility index (Phi) is 3.87. The SMILES string of the molecule is CCCNC1C(=O)Nc2cc(OC(C)C)ccc21. The molecule has 1 unspecified atom stereocenters. The van der Waals surface area contributed by atoms with Gasteiger partial charge in [0.25, 0.3) is 0 Å². The summed E-state index contributed by atoms with van der Waals surface area (Å²) in [6.45, 7) is 6.89. The van der Waals surface area contributed by atoms with E-state index in [0.717, 1.165) is 30.0 Å². The molecule has 4 nitrogen and oxygen atoms in total. The van der Waals surface area contributed by atoms with Crippen LogP contribution in [0.2, 0.25) is 0 Å². The summed E-state index contributed by atoms with van der Waals surface area (Å²) in [5, 5.41) is 6.13. The lowest BCUT2D eigenvalue weighted by Gasteiger charge is -2.12. The Bertz CT molecular complexity index is 443. The number of rotatable bonds is 5. The van der Waals surface area contributed by atoms with E-state index in [4.69, 9.17) is 4.74 Å². The highest BCUT2D eigenvalue weighted by molar-refractivity contribution is 6.02. The van der Waals surface area contributed by atoms with Gasteiger partial charge in [0, 0.05) is 17.3 Å². The van der Waals surface area contributed by atoms with E-state index in [0.29, 0.717) is 0 Å². The average Bonchev–Trinajstić information content (AvgIpc) is 2.60. The van der Waals surface area contributed by atoms with Gasteiger partial charge in [0.05, 0.1) is 6.10 Å². The van der Waals surface area contributed by atoms with Gasteiger partial charge in [-0.15, -0.1) is 0 Å². The Morgan fingerprint density at radius 2 is 2.22 bits per heavy atom. The van der Waals surface area contributed by atoms with Crippen molar-refractivity contribution in [3.05, 3.63) is 23.8 Å². The Labute approximate surface area is 108 Å². The number of fused-ring (bicyclic) bond motifs is 1. The number of carbonyl (C=O) groups excluding carboxylic acids is 1. The van der Waals surface area contributed by atoms with Crippen molar-refractivity contribution in [3.8, 4) is 5.75 Å². The van der Waals surface area contributed by atoms with Crippen LogP contribution in [-0.2, 0) is 4.79 Å². The Balaban J connectivity index is 2.18. The molecule has 2 rings (SSSR count). The maximum atomic E-state index is 11.9. The Morgan fingerprint density at radius 1 is 1.44 bits per heavy atom. The van der Waals surface area contributed by atoms with Crippen LogP contribution in [0.3, 0.4) is 0 Å². The number of amides is 1. The minimum absolute atomic E-state index is 0.0140. The standard InChI is InChI=1S/C14H20N2O2/c1-4-7-15-13-11-6-5-10(18-9(2)3)8-12(11)16-14(13)17/h5-6,8-9,13,15H,4,7H2,1-3H3,(H,16,17). The van der Waals surface area contributed by atoms with Crippen molar-refractivity contribution in [2.45, 2.75) is 39.3 Å². The van der Waals surface area contributed by atoms with Gasteiger partial charge in [-0.3, -0.25) is 4.79 Å². The highest BCUT2D eigenvalue weighted by atomic mass is 16.5. The molecule has 1 aliphatic rings. The van der Waals surface area contributed by atoms with Crippen LogP contribution in [0.5, 0.6) is 5.75 Å². The third-order valence-corrected chi connectivity index (χ3v) is 2.83. The first-order valence-corrected chi connectivity index (χ1v) is 6.46. The lowest BCUT2D eigenvalue weighted by atomic mass is 10.1. The first-order chi connectivity index (χ1) is 8.61. The topological polar surface area (TPSA) is 50.4 Å². The van der Waals surface area contributed by atoms with Crippen LogP contribution in [0.25, 0.3) is 0 Å². The van der Waals surface area contributed by atoms with E-state index in [1.54, 1.807) is 0 Å². The van der Waals surface area contributed by atoms with Gasteiger partial charge in [-0.1, -0.05) is 13.0 Å². The zero-order chi connectivity index (χ0) is 13.1. The molecule has 2 N–H and O–H groups in total. The highest BCUT2D eigenvalue weighted by Crippen LogP contribution is 2.33. The fourth-order valence-corrected chi connectivity index (χ4v) is 2.08. The molecule has 0 spiro atoms. The van der Waals surface area contributed by atoms with Crippen molar-refractivity contribution in [1.29, 1.82) is 0 Å². The Morgan fingerprint density at radius 3 is 2.89 bits per heavy atom. The molecule has 1 amide bonds. The molecule has 1 atom stereocenters. The second-order valence-electron chi connectivity index (χ2n) is 4.79. The predicted molar refractivity (Wildman–Crippen MR) is 71.9 cm³/mol. The van der Waals surface area contributed by atoms with Crippen LogP contribution in [0.4, 0.5) is 5.69 Å². The van der Waals surface area contributed by atoms with Crippen LogP contribution in [-0.4, -0.2) is 18.6 Å². The molecule has 4 heteroatoms. The number of anilines is 1. The second kappa shape index (κ2) is 5.40. The summed E-state index contributed by atoms with van der Waals surface area (Å²) in [6.07, 6.45) is 1.14. The van der Waals surface area contributed by atoms with E-state index in [2.05, 4.69) is 17.6 Å². The van der Waals surface area contributed by atoms with Crippen LogP contribution in [0.15, 0.2) is 18.2 Å². The van der Waals surface area contributed by atoms with E-state index in [9.17, 15) is 4.79 Å². The maximum absolute atomic E-state index is 11.9. The van der Waals surface area contributed by atoms with Gasteiger partial charge < -0.3 is 15.4 Å². The van der Waals surface area contributed by atoms with Gasteiger partial charge in [-0.2, -0.15) is 0 Å². The smallest absolute Gasteiger partial charge is 0.246 e. The van der Waals surface area contributed by atoms with Gasteiger partial charge in [-0.25, -0.2) is 0 Å². The van der Waals surface area contributed by atoms with Crippen molar-refractivity contribution in [1.82, 2.24) is 5.32 Å². The normalized spacial score (nSPS) is 17.8. The van der Waals surface area contributed by atoms with Crippen LogP contribution in [0, 0.1) is 0 Å². The van der Waals surface area contributed by atoms with Crippen molar-refractivity contribution in [2.24, 2.45) is 0 Å². The lowest BCUT2D eigenvalue weighted by molar-refractivity contribution is -0.117. The van der Waals surface area contributed by atoms with Crippen molar-refractivity contribution in [3.63, 3.8) is 0 Å². The average molecular weight is 248 g/mol. The molecule has 0 aromatic heterocycles. The van der Waals surface area contributed by atoms with Gasteiger partial charge >= 0.3 is 0 Å². The van der Waals surface area contributed by atoms with E-state index in [1.165, 1.54) is 0 Å². The van der Waals surface area contributed by atoms with Gasteiger partial charge in [0.2, 0.25) is 5.91 Å². The molecule has 0 bridgehead atoms. The first kappa shape index (κ1) is 12.9. The fourth-order valence-electron chi connectivity index (χ4n) is 2.08. The lowest BCUT2D eigenvalue weighted by Crippen LogP contribution is -2.27. The molecule has 18 heavy (non-hydrogen) atoms. The third-order valence-electron chi connectivity index (χ3n) is 2.83. The van der Waals surface area contributed by atoms with Gasteiger partial charge in [-0.05, 0) is 32.9 Å². The molecule has 0 radical (unpaired) electrons. The number of carbonyl (C=O) groups is 1. The molecule has 1 aliphatic heterocycles. The summed E-state index contributed by atoms with van der Waals surface area (Å²) >= 11 is 0. The second-order valence-corrected chi connectivity index (χ2v) is 4.79. The zero-order valence-electron chi connectivity index (χ0n) is 11.1. The van der Waals surface area contributed by atoms with Crippen molar-refractivity contribution in [2.75, 3.05) is 11.9 Å². The van der Waals surface area contributed by atoms with Gasteiger partial charge in [0.1, 0.15) is 11.8 Å². The van der Waals surface area contributed by atoms with Crippen molar-refractivity contribution < 1.29 is 9.53 Å². The molecule has 0 fully saturated rings. The van der Waals surface area contributed by atoms with Crippen LogP contribution >= 0.6 is 0 Å². The minimum atomic E-state index is -0.229. The largest absolute Gasteiger partial charge is 0.491 e. The number of nitrogens with one attached hydrogen (secondary N) is 2. The molecule has 1 aromatic rings. The monoisotopic (exact) mass is 248 g/mol. The minimum Gasteiger partial charge on any atom is -0.491 e. The number of benzene rings is 1. The van der Waals surface area contributed by atoms with E-state index < -0.39 is 0 Å². The number of hydrogen-bond donors (Lipinski definition) is 2. The van der Waals surface area contributed by atoms with E-state index >= 15 is 0 Å². The summed E-state index contributed by atoms with van der Waals surface area (Å²) in [5.74, 6) is 0.806. The van der Waals surface area contributed by atoms with E-state index in [-0.39, 0.29) is 18.1 Å². The summed E-state index contributed by atoms with van der Waals surface area (Å²) in [5.41, 5.74) is 1.86. The maximum Gasteiger partial charge on any atom is 0.246 e. The molecular weight excluding hydrogens is 228 g/mol. The molecular formula is C14H20N2O2. The summed E-state index contributed by atoms with van der Waals surface area (Å²) < 4.78 is 5.62. The quantitative estimate of drug-likeness (QED) is 0.841. The third kappa shape index (κ3) is 2.64. The summed E-state index contributed by atoms with van der Waals surface area (Å²) in [6, 6.07) is 5.53. The molecule has 0 saturated heterocycles. The molecule has 1 aromatic carbocycles. The molecule has 0 saturated carbocycles. The number of hydrogen-bond acceptors (Lipinski definition) is 3. The molecule has 98 valence electrons. The zero-order valence-corrected chi connectivity index (χ0v) is 11.1. The first-order valence-electron chi connectivity index (χ1n) is 6.46. The predicted octanol–water partition coefficient (Wildman–Crippen LogP) is 2.47. The number of ether oxygens (including phenoxy) is 1. The Hall–Kier alpha value is -1.55.